The average Bonchev–Trinajstić information content (AvgIpc) is 2.46. The monoisotopic (exact) mass is 319 g/mol. The molecule has 2 nitrogen and oxygen atoms in total. The molecular weight excluding hydrogens is 298 g/mol. The van der Waals surface area contributed by atoms with Gasteiger partial charge in [0, 0.05) is 12.1 Å². The predicted molar refractivity (Wildman–Crippen MR) is 76.3 cm³/mol. The third kappa shape index (κ3) is 4.12. The lowest BCUT2D eigenvalue weighted by atomic mass is 9.85. The smallest absolute Gasteiger partial charge is 0.391 e. The highest BCUT2D eigenvalue weighted by Gasteiger charge is 2.42. The lowest BCUT2D eigenvalue weighted by Crippen LogP contribution is -2.39. The molecule has 0 saturated heterocycles. The molecule has 0 aliphatic heterocycles. The molecule has 3 unspecified atom stereocenters. The normalized spacial score (nSPS) is 24.1. The van der Waals surface area contributed by atoms with Crippen molar-refractivity contribution in [1.29, 1.82) is 0 Å². The van der Waals surface area contributed by atoms with Gasteiger partial charge in [-0.2, -0.15) is 13.2 Å². The molecule has 0 amide bonds. The number of nitrogens with one attached hydrogen (secondary N) is 1. The van der Waals surface area contributed by atoms with Gasteiger partial charge in [-0.3, -0.25) is 0 Å². The Kier molecular flexibility index (Phi) is 5.32. The van der Waals surface area contributed by atoms with Crippen molar-refractivity contribution in [2.24, 2.45) is 5.92 Å². The van der Waals surface area contributed by atoms with Crippen molar-refractivity contribution in [1.82, 2.24) is 5.32 Å². The van der Waals surface area contributed by atoms with E-state index >= 15 is 0 Å². The second-order valence-corrected chi connectivity index (χ2v) is 5.88. The Morgan fingerprint density at radius 2 is 2.00 bits per heavy atom. The van der Waals surface area contributed by atoms with Crippen molar-refractivity contribution in [3.8, 4) is 5.75 Å². The maximum atomic E-state index is 13.7. The van der Waals surface area contributed by atoms with E-state index in [1.165, 1.54) is 19.2 Å². The summed E-state index contributed by atoms with van der Waals surface area (Å²) in [5.41, 5.74) is 0.701. The quantitative estimate of drug-likeness (QED) is 0.819. The molecule has 0 heterocycles. The fourth-order valence-corrected chi connectivity index (χ4v) is 3.04. The number of methoxy groups -OCH3 is 1. The van der Waals surface area contributed by atoms with Crippen molar-refractivity contribution in [2.45, 2.75) is 50.9 Å². The molecule has 22 heavy (non-hydrogen) atoms. The Bertz CT molecular complexity index is 503. The Hall–Kier alpha value is -1.30. The lowest BCUT2D eigenvalue weighted by molar-refractivity contribution is -0.183. The topological polar surface area (TPSA) is 21.3 Å². The summed E-state index contributed by atoms with van der Waals surface area (Å²) < 4.78 is 57.0. The maximum absolute atomic E-state index is 13.7. The molecule has 1 aliphatic carbocycles. The lowest BCUT2D eigenvalue weighted by Gasteiger charge is -2.33. The summed E-state index contributed by atoms with van der Waals surface area (Å²) in [6, 6.07) is 4.21. The van der Waals surface area contributed by atoms with E-state index in [0.717, 1.165) is 6.42 Å². The van der Waals surface area contributed by atoms with Crippen LogP contribution in [0.2, 0.25) is 0 Å². The highest BCUT2D eigenvalue weighted by atomic mass is 19.4. The van der Waals surface area contributed by atoms with Gasteiger partial charge in [0.05, 0.1) is 13.0 Å². The van der Waals surface area contributed by atoms with E-state index in [1.54, 1.807) is 6.07 Å². The molecule has 1 N–H and O–H groups in total. The van der Waals surface area contributed by atoms with Gasteiger partial charge >= 0.3 is 6.18 Å². The fourth-order valence-electron chi connectivity index (χ4n) is 3.04. The molecule has 0 bridgehead atoms. The van der Waals surface area contributed by atoms with Crippen molar-refractivity contribution in [3.05, 3.63) is 29.6 Å². The van der Waals surface area contributed by atoms with Crippen LogP contribution in [-0.4, -0.2) is 19.3 Å². The molecule has 1 saturated carbocycles. The zero-order valence-electron chi connectivity index (χ0n) is 12.7. The van der Waals surface area contributed by atoms with Crippen LogP contribution in [-0.2, 0) is 0 Å². The van der Waals surface area contributed by atoms with E-state index in [1.807, 2.05) is 6.92 Å². The van der Waals surface area contributed by atoms with E-state index in [9.17, 15) is 17.6 Å². The van der Waals surface area contributed by atoms with Crippen molar-refractivity contribution in [3.63, 3.8) is 0 Å². The van der Waals surface area contributed by atoms with Gasteiger partial charge in [-0.05, 0) is 43.9 Å². The second kappa shape index (κ2) is 6.86. The fraction of sp³-hybridized carbons (Fsp3) is 0.625. The summed E-state index contributed by atoms with van der Waals surface area (Å²) in [6.45, 7) is 1.83. The average molecular weight is 319 g/mol. The van der Waals surface area contributed by atoms with Gasteiger partial charge in [0.2, 0.25) is 0 Å². The molecule has 1 aromatic carbocycles. The number of rotatable bonds is 4. The van der Waals surface area contributed by atoms with E-state index in [4.69, 9.17) is 4.74 Å². The van der Waals surface area contributed by atoms with Gasteiger partial charge < -0.3 is 10.1 Å². The number of benzene rings is 1. The molecule has 1 aromatic rings. The first-order chi connectivity index (χ1) is 10.3. The summed E-state index contributed by atoms with van der Waals surface area (Å²) in [4.78, 5) is 0. The van der Waals surface area contributed by atoms with Gasteiger partial charge in [0.25, 0.3) is 0 Å². The van der Waals surface area contributed by atoms with Crippen molar-refractivity contribution >= 4 is 0 Å². The molecule has 1 aliphatic rings. The summed E-state index contributed by atoms with van der Waals surface area (Å²) >= 11 is 0. The molecule has 2 rings (SSSR count). The van der Waals surface area contributed by atoms with Gasteiger partial charge in [0.15, 0.2) is 11.6 Å². The number of ether oxygens (including phenoxy) is 1. The standard InChI is InChI=1S/C16H21F4NO/c1-10(11-6-7-15(22-2)14(17)8-11)21-13-5-3-4-12(9-13)16(18,19)20/h6-8,10,12-13,21H,3-5,9H2,1-2H3. The number of halogens is 4. The summed E-state index contributed by atoms with van der Waals surface area (Å²) in [7, 11) is 1.39. The minimum absolute atomic E-state index is 0.0898. The van der Waals surface area contributed by atoms with E-state index in [2.05, 4.69) is 5.32 Å². The first-order valence-electron chi connectivity index (χ1n) is 7.47. The maximum Gasteiger partial charge on any atom is 0.391 e. The molecule has 0 spiro atoms. The zero-order chi connectivity index (χ0) is 16.3. The Labute approximate surface area is 127 Å². The van der Waals surface area contributed by atoms with E-state index in [0.29, 0.717) is 12.0 Å². The van der Waals surface area contributed by atoms with Gasteiger partial charge in [0.1, 0.15) is 0 Å². The van der Waals surface area contributed by atoms with Gasteiger partial charge in [-0.25, -0.2) is 4.39 Å². The molecule has 0 aromatic heterocycles. The van der Waals surface area contributed by atoms with Crippen LogP contribution in [0.25, 0.3) is 0 Å². The molecule has 124 valence electrons. The van der Waals surface area contributed by atoms with Crippen LogP contribution in [0.4, 0.5) is 17.6 Å². The first-order valence-corrected chi connectivity index (χ1v) is 7.47. The highest BCUT2D eigenvalue weighted by molar-refractivity contribution is 5.30. The highest BCUT2D eigenvalue weighted by Crippen LogP contribution is 2.38. The summed E-state index contributed by atoms with van der Waals surface area (Å²) in [6.07, 6.45) is -2.56. The van der Waals surface area contributed by atoms with E-state index < -0.39 is 17.9 Å². The number of alkyl halides is 3. The van der Waals surface area contributed by atoms with Crippen LogP contribution in [0.5, 0.6) is 5.75 Å². The SMILES string of the molecule is COc1ccc(C(C)NC2CCCC(C(F)(F)F)C2)cc1F. The predicted octanol–water partition coefficient (Wildman–Crippen LogP) is 4.61. The first kappa shape index (κ1) is 17.1. The van der Waals surface area contributed by atoms with Crippen molar-refractivity contribution in [2.75, 3.05) is 7.11 Å². The van der Waals surface area contributed by atoms with Crippen LogP contribution in [0, 0.1) is 11.7 Å². The van der Waals surface area contributed by atoms with Gasteiger partial charge in [-0.1, -0.05) is 12.5 Å². The Balaban J connectivity index is 1.99. The molecule has 0 radical (unpaired) electrons. The van der Waals surface area contributed by atoms with Crippen LogP contribution in [0.15, 0.2) is 18.2 Å². The van der Waals surface area contributed by atoms with Crippen LogP contribution >= 0.6 is 0 Å². The zero-order valence-corrected chi connectivity index (χ0v) is 12.7. The molecule has 1 fully saturated rings. The van der Waals surface area contributed by atoms with Crippen LogP contribution in [0.3, 0.4) is 0 Å². The largest absolute Gasteiger partial charge is 0.494 e. The van der Waals surface area contributed by atoms with E-state index in [-0.39, 0.29) is 30.7 Å². The van der Waals surface area contributed by atoms with Crippen molar-refractivity contribution < 1.29 is 22.3 Å². The Morgan fingerprint density at radius 3 is 2.59 bits per heavy atom. The van der Waals surface area contributed by atoms with Crippen LogP contribution in [0.1, 0.15) is 44.2 Å². The minimum atomic E-state index is -4.13. The third-order valence-corrected chi connectivity index (χ3v) is 4.30. The Morgan fingerprint density at radius 1 is 1.27 bits per heavy atom. The van der Waals surface area contributed by atoms with Crippen LogP contribution < -0.4 is 10.1 Å². The van der Waals surface area contributed by atoms with Gasteiger partial charge in [-0.15, -0.1) is 0 Å². The minimum Gasteiger partial charge on any atom is -0.494 e. The third-order valence-electron chi connectivity index (χ3n) is 4.30. The number of hydrogen-bond donors (Lipinski definition) is 1. The summed E-state index contributed by atoms with van der Waals surface area (Å²) in [5.74, 6) is -1.55. The number of hydrogen-bond acceptors (Lipinski definition) is 2. The molecular formula is C16H21F4NO. The molecule has 6 heteroatoms. The second-order valence-electron chi connectivity index (χ2n) is 5.88. The molecule has 3 atom stereocenters. The summed E-state index contributed by atoms with van der Waals surface area (Å²) in [5, 5.41) is 3.19.